The Balaban J connectivity index is 2.86. The van der Waals surface area contributed by atoms with Gasteiger partial charge >= 0.3 is 0 Å². The molecule has 1 rings (SSSR count). The summed E-state index contributed by atoms with van der Waals surface area (Å²) in [6.07, 6.45) is 2.40. The first kappa shape index (κ1) is 12.6. The molecule has 0 fully saturated rings. The van der Waals surface area contributed by atoms with Gasteiger partial charge in [0.2, 0.25) is 0 Å². The van der Waals surface area contributed by atoms with Gasteiger partial charge in [-0.25, -0.2) is 0 Å². The van der Waals surface area contributed by atoms with Gasteiger partial charge in [-0.2, -0.15) is 0 Å². The Morgan fingerprint density at radius 3 is 2.47 bits per heavy atom. The molecule has 0 aliphatic rings. The van der Waals surface area contributed by atoms with Crippen LogP contribution < -0.4 is 0 Å². The number of aryl methyl sites for hydroxylation is 2. The van der Waals surface area contributed by atoms with Crippen LogP contribution in [0.4, 0.5) is 0 Å². The third kappa shape index (κ3) is 3.24. The topological polar surface area (TPSA) is 0 Å². The second kappa shape index (κ2) is 5.55. The van der Waals surface area contributed by atoms with Crippen molar-refractivity contribution in [2.24, 2.45) is 5.92 Å². The molecule has 0 bridgehead atoms. The molecule has 0 N–H and O–H groups in total. The van der Waals surface area contributed by atoms with Gasteiger partial charge in [0.05, 0.1) is 5.38 Å². The predicted molar refractivity (Wildman–Crippen MR) is 68.6 cm³/mol. The number of alkyl halides is 1. The first-order valence-electron chi connectivity index (χ1n) is 5.77. The van der Waals surface area contributed by atoms with E-state index in [0.29, 0.717) is 5.92 Å². The number of halogens is 1. The first-order chi connectivity index (χ1) is 7.06. The summed E-state index contributed by atoms with van der Waals surface area (Å²) in [5.74, 6) is 0.554. The number of hydrogen-bond donors (Lipinski definition) is 0. The quantitative estimate of drug-likeness (QED) is 0.630. The zero-order valence-electron chi connectivity index (χ0n) is 10.2. The lowest BCUT2D eigenvalue weighted by molar-refractivity contribution is 0.506. The van der Waals surface area contributed by atoms with Crippen molar-refractivity contribution in [1.29, 1.82) is 0 Å². The maximum absolute atomic E-state index is 6.49. The van der Waals surface area contributed by atoms with Gasteiger partial charge < -0.3 is 0 Å². The van der Waals surface area contributed by atoms with Crippen molar-refractivity contribution < 1.29 is 0 Å². The second-order valence-corrected chi connectivity index (χ2v) is 5.00. The van der Waals surface area contributed by atoms with Gasteiger partial charge in [0.1, 0.15) is 0 Å². The second-order valence-electron chi connectivity index (χ2n) is 4.53. The molecule has 0 spiro atoms. The lowest BCUT2D eigenvalue weighted by Crippen LogP contribution is -2.05. The molecule has 1 heteroatoms. The minimum atomic E-state index is 0.158. The van der Waals surface area contributed by atoms with Gasteiger partial charge in [0.25, 0.3) is 0 Å². The largest absolute Gasteiger partial charge is 0.118 e. The van der Waals surface area contributed by atoms with E-state index in [-0.39, 0.29) is 5.38 Å². The number of benzene rings is 1. The van der Waals surface area contributed by atoms with E-state index in [9.17, 15) is 0 Å². The third-order valence-electron chi connectivity index (χ3n) is 2.97. The molecule has 1 aromatic rings. The van der Waals surface area contributed by atoms with E-state index in [2.05, 4.69) is 45.9 Å². The fourth-order valence-corrected chi connectivity index (χ4v) is 2.41. The van der Waals surface area contributed by atoms with Gasteiger partial charge in [-0.15, -0.1) is 11.6 Å². The van der Waals surface area contributed by atoms with Crippen LogP contribution in [0.2, 0.25) is 0 Å². The van der Waals surface area contributed by atoms with Gasteiger partial charge in [-0.3, -0.25) is 0 Å². The van der Waals surface area contributed by atoms with Gasteiger partial charge in [0, 0.05) is 0 Å². The van der Waals surface area contributed by atoms with Gasteiger partial charge in [-0.05, 0) is 37.3 Å². The molecule has 0 radical (unpaired) electrons. The highest BCUT2D eigenvalue weighted by Crippen LogP contribution is 2.33. The Morgan fingerprint density at radius 2 is 1.93 bits per heavy atom. The SMILES string of the molecule is CCCC(C)C(Cl)c1ccc(C)cc1C. The normalized spacial score (nSPS) is 15.0. The predicted octanol–water partition coefficient (Wildman–Crippen LogP) is 5.02. The molecule has 15 heavy (non-hydrogen) atoms. The van der Waals surface area contributed by atoms with Crippen molar-refractivity contribution >= 4 is 11.6 Å². The molecule has 1 aromatic carbocycles. The van der Waals surface area contributed by atoms with Crippen molar-refractivity contribution in [1.82, 2.24) is 0 Å². The van der Waals surface area contributed by atoms with E-state index in [1.54, 1.807) is 0 Å². The average Bonchev–Trinajstić information content (AvgIpc) is 2.17. The van der Waals surface area contributed by atoms with Crippen LogP contribution in [-0.2, 0) is 0 Å². The summed E-state index contributed by atoms with van der Waals surface area (Å²) >= 11 is 6.49. The fraction of sp³-hybridized carbons (Fsp3) is 0.571. The molecule has 0 nitrogen and oxygen atoms in total. The molecule has 2 unspecified atom stereocenters. The molecule has 0 saturated carbocycles. The van der Waals surface area contributed by atoms with Crippen LogP contribution >= 0.6 is 11.6 Å². The van der Waals surface area contributed by atoms with Crippen LogP contribution in [0.3, 0.4) is 0 Å². The molecule has 0 aliphatic heterocycles. The van der Waals surface area contributed by atoms with Crippen molar-refractivity contribution in [3.63, 3.8) is 0 Å². The third-order valence-corrected chi connectivity index (χ3v) is 3.63. The molecule has 0 amide bonds. The van der Waals surface area contributed by atoms with E-state index in [1.807, 2.05) is 0 Å². The summed E-state index contributed by atoms with van der Waals surface area (Å²) in [6.45, 7) is 8.72. The van der Waals surface area contributed by atoms with Crippen LogP contribution in [0.25, 0.3) is 0 Å². The Bertz CT molecular complexity index is 317. The van der Waals surface area contributed by atoms with Crippen LogP contribution in [0.15, 0.2) is 18.2 Å². The molecular formula is C14H21Cl. The maximum Gasteiger partial charge on any atom is 0.0613 e. The summed E-state index contributed by atoms with van der Waals surface area (Å²) in [5, 5.41) is 0.158. The minimum absolute atomic E-state index is 0.158. The van der Waals surface area contributed by atoms with Gasteiger partial charge in [0.15, 0.2) is 0 Å². The summed E-state index contributed by atoms with van der Waals surface area (Å²) in [4.78, 5) is 0. The molecule has 0 saturated heterocycles. The van der Waals surface area contributed by atoms with Crippen LogP contribution in [0.1, 0.15) is 48.8 Å². The van der Waals surface area contributed by atoms with E-state index >= 15 is 0 Å². The maximum atomic E-state index is 6.49. The number of rotatable bonds is 4. The molecule has 2 atom stereocenters. The van der Waals surface area contributed by atoms with Crippen molar-refractivity contribution in [3.05, 3.63) is 34.9 Å². The Morgan fingerprint density at radius 1 is 1.27 bits per heavy atom. The zero-order valence-corrected chi connectivity index (χ0v) is 10.9. The molecule has 0 aliphatic carbocycles. The van der Waals surface area contributed by atoms with E-state index in [1.165, 1.54) is 29.5 Å². The molecule has 0 aromatic heterocycles. The minimum Gasteiger partial charge on any atom is -0.118 e. The van der Waals surface area contributed by atoms with Crippen LogP contribution in [0, 0.1) is 19.8 Å². The summed E-state index contributed by atoms with van der Waals surface area (Å²) in [5.41, 5.74) is 3.92. The summed E-state index contributed by atoms with van der Waals surface area (Å²) in [6, 6.07) is 6.54. The molecular weight excluding hydrogens is 204 g/mol. The number of hydrogen-bond acceptors (Lipinski definition) is 0. The molecule has 84 valence electrons. The van der Waals surface area contributed by atoms with Crippen LogP contribution in [-0.4, -0.2) is 0 Å². The Kier molecular flexibility index (Phi) is 4.66. The summed E-state index contributed by atoms with van der Waals surface area (Å²) in [7, 11) is 0. The van der Waals surface area contributed by atoms with E-state index in [0.717, 1.165) is 0 Å². The fourth-order valence-electron chi connectivity index (χ4n) is 2.04. The highest BCUT2D eigenvalue weighted by molar-refractivity contribution is 6.21. The lowest BCUT2D eigenvalue weighted by Gasteiger charge is -2.19. The summed E-state index contributed by atoms with van der Waals surface area (Å²) < 4.78 is 0. The first-order valence-corrected chi connectivity index (χ1v) is 6.21. The lowest BCUT2D eigenvalue weighted by atomic mass is 9.93. The highest BCUT2D eigenvalue weighted by atomic mass is 35.5. The van der Waals surface area contributed by atoms with E-state index < -0.39 is 0 Å². The van der Waals surface area contributed by atoms with Gasteiger partial charge in [-0.1, -0.05) is 44.0 Å². The Hall–Kier alpha value is -0.490. The zero-order chi connectivity index (χ0) is 11.4. The molecule has 0 heterocycles. The van der Waals surface area contributed by atoms with E-state index in [4.69, 9.17) is 11.6 Å². The monoisotopic (exact) mass is 224 g/mol. The van der Waals surface area contributed by atoms with Crippen LogP contribution in [0.5, 0.6) is 0 Å². The highest BCUT2D eigenvalue weighted by Gasteiger charge is 2.17. The van der Waals surface area contributed by atoms with Crippen molar-refractivity contribution in [2.75, 3.05) is 0 Å². The van der Waals surface area contributed by atoms with Crippen molar-refractivity contribution in [2.45, 2.75) is 45.9 Å². The standard InChI is InChI=1S/C14H21Cl/c1-5-6-11(3)14(15)13-8-7-10(2)9-12(13)4/h7-9,11,14H,5-6H2,1-4H3. The average molecular weight is 225 g/mol. The van der Waals surface area contributed by atoms with Crippen molar-refractivity contribution in [3.8, 4) is 0 Å². The Labute approximate surface area is 98.7 Å². The smallest absolute Gasteiger partial charge is 0.0613 e.